The van der Waals surface area contributed by atoms with Crippen molar-refractivity contribution in [1.29, 1.82) is 0 Å². The Bertz CT molecular complexity index is 1430. The van der Waals surface area contributed by atoms with E-state index in [1.807, 2.05) is 66.4 Å². The van der Waals surface area contributed by atoms with Crippen LogP contribution in [0.1, 0.15) is 39.3 Å². The van der Waals surface area contributed by atoms with Gasteiger partial charge >= 0.3 is 0 Å². The summed E-state index contributed by atoms with van der Waals surface area (Å²) in [5.74, 6) is 1.95. The maximum atomic E-state index is 11.9. The van der Waals surface area contributed by atoms with Crippen LogP contribution >= 0.6 is 0 Å². The molecule has 2 N–H and O–H groups in total. The second kappa shape index (κ2) is 8.43. The van der Waals surface area contributed by atoms with Gasteiger partial charge in [-0.1, -0.05) is 12.1 Å². The Morgan fingerprint density at radius 3 is 2.69 bits per heavy atom. The van der Waals surface area contributed by atoms with Crippen molar-refractivity contribution in [3.8, 4) is 5.95 Å². The molecule has 36 heavy (non-hydrogen) atoms. The summed E-state index contributed by atoms with van der Waals surface area (Å²) in [5.41, 5.74) is 1.85. The Kier molecular flexibility index (Phi) is 5.43. The molecule has 2 fully saturated rings. The summed E-state index contributed by atoms with van der Waals surface area (Å²) in [6, 6.07) is 12.1. The molecule has 4 aromatic rings. The summed E-state index contributed by atoms with van der Waals surface area (Å²) in [7, 11) is 1.84. The molecule has 2 aliphatic heterocycles. The fourth-order valence-corrected chi connectivity index (χ4v) is 5.62. The number of hydrogen-bond acceptors (Lipinski definition) is 8. The van der Waals surface area contributed by atoms with Crippen molar-refractivity contribution < 1.29 is 14.6 Å². The quantitative estimate of drug-likeness (QED) is 0.449. The molecule has 0 amide bonds. The first kappa shape index (κ1) is 23.2. The molecule has 0 bridgehead atoms. The van der Waals surface area contributed by atoms with E-state index in [1.54, 1.807) is 0 Å². The topological polar surface area (TPSA) is 102 Å². The number of ether oxygens (including phenoxy) is 2. The minimum Gasteiger partial charge on any atom is -0.383 e. The lowest BCUT2D eigenvalue weighted by molar-refractivity contribution is -0.150. The number of fused-ring (bicyclic) bond motifs is 2. The van der Waals surface area contributed by atoms with E-state index < -0.39 is 11.2 Å². The molecule has 0 aliphatic carbocycles. The fourth-order valence-electron chi connectivity index (χ4n) is 5.62. The predicted octanol–water partition coefficient (Wildman–Crippen LogP) is 3.11. The van der Waals surface area contributed by atoms with Gasteiger partial charge in [-0.05, 0) is 45.0 Å². The average molecular weight is 492 g/mol. The minimum absolute atomic E-state index is 0.150. The summed E-state index contributed by atoms with van der Waals surface area (Å²) in [5, 5.41) is 20.1. The molecule has 10 heteroatoms. The molecule has 2 unspecified atom stereocenters. The number of nitrogens with zero attached hydrogens (tertiary/aromatic N) is 6. The highest BCUT2D eigenvalue weighted by Gasteiger charge is 2.43. The number of hydrogen-bond donors (Lipinski definition) is 2. The molecule has 2 saturated heterocycles. The maximum Gasteiger partial charge on any atom is 0.257 e. The van der Waals surface area contributed by atoms with Crippen LogP contribution in [0.3, 0.4) is 0 Å². The van der Waals surface area contributed by atoms with Crippen molar-refractivity contribution in [1.82, 2.24) is 24.1 Å². The van der Waals surface area contributed by atoms with E-state index in [0.29, 0.717) is 44.6 Å². The number of rotatable bonds is 4. The van der Waals surface area contributed by atoms with Gasteiger partial charge in [0, 0.05) is 26.4 Å². The van der Waals surface area contributed by atoms with Gasteiger partial charge in [0.2, 0.25) is 5.95 Å². The highest BCUT2D eigenvalue weighted by molar-refractivity contribution is 5.81. The fraction of sp³-hybridized carbons (Fsp3) is 0.500. The molecule has 0 saturated carbocycles. The molecule has 2 atom stereocenters. The second-order valence-corrected chi connectivity index (χ2v) is 10.4. The molecule has 0 radical (unpaired) electrons. The van der Waals surface area contributed by atoms with Crippen LogP contribution in [0.25, 0.3) is 22.5 Å². The van der Waals surface area contributed by atoms with Crippen molar-refractivity contribution in [2.24, 2.45) is 0 Å². The number of anilines is 2. The molecule has 1 aromatic carbocycles. The van der Waals surface area contributed by atoms with E-state index in [4.69, 9.17) is 24.5 Å². The first-order valence-electron chi connectivity index (χ1n) is 12.6. The van der Waals surface area contributed by atoms with Crippen LogP contribution in [0.4, 0.5) is 11.8 Å². The van der Waals surface area contributed by atoms with Gasteiger partial charge in [-0.2, -0.15) is 4.98 Å². The van der Waals surface area contributed by atoms with Gasteiger partial charge in [-0.3, -0.25) is 0 Å². The van der Waals surface area contributed by atoms with Crippen molar-refractivity contribution >= 4 is 28.3 Å². The van der Waals surface area contributed by atoms with Gasteiger partial charge in [0.05, 0.1) is 48.2 Å². The number of imidazole rings is 1. The molecule has 0 spiro atoms. The molecule has 5 heterocycles. The van der Waals surface area contributed by atoms with Crippen molar-refractivity contribution in [2.45, 2.75) is 50.9 Å². The van der Waals surface area contributed by atoms with E-state index in [1.165, 1.54) is 0 Å². The Hall–Kier alpha value is -3.21. The van der Waals surface area contributed by atoms with Gasteiger partial charge < -0.3 is 24.8 Å². The van der Waals surface area contributed by atoms with Crippen LogP contribution < -0.4 is 10.2 Å². The first-order chi connectivity index (χ1) is 17.3. The Morgan fingerprint density at radius 2 is 1.92 bits per heavy atom. The van der Waals surface area contributed by atoms with Crippen LogP contribution in [0.5, 0.6) is 0 Å². The SMILES string of the molecule is CNc1nc2ccccc2n1-c1nc(N2CCOCC2C)c2ccc(C3(O)CCOC(C)(C)C3)n2n1. The summed E-state index contributed by atoms with van der Waals surface area (Å²) < 4.78 is 15.4. The van der Waals surface area contributed by atoms with Crippen molar-refractivity contribution in [3.63, 3.8) is 0 Å². The van der Waals surface area contributed by atoms with Gasteiger partial charge in [0.15, 0.2) is 5.82 Å². The van der Waals surface area contributed by atoms with E-state index >= 15 is 0 Å². The zero-order valence-corrected chi connectivity index (χ0v) is 21.2. The zero-order valence-electron chi connectivity index (χ0n) is 21.2. The lowest BCUT2D eigenvalue weighted by Crippen LogP contribution is -2.45. The summed E-state index contributed by atoms with van der Waals surface area (Å²) in [6.07, 6.45) is 0.978. The first-order valence-corrected chi connectivity index (χ1v) is 12.6. The molecule has 2 aliphatic rings. The van der Waals surface area contributed by atoms with Crippen molar-refractivity contribution in [2.75, 3.05) is 43.6 Å². The molecule has 10 nitrogen and oxygen atoms in total. The summed E-state index contributed by atoms with van der Waals surface area (Å²) >= 11 is 0. The Labute approximate surface area is 209 Å². The van der Waals surface area contributed by atoms with Gasteiger partial charge in [-0.15, -0.1) is 5.10 Å². The number of aromatic nitrogens is 5. The number of para-hydroxylation sites is 2. The third kappa shape index (κ3) is 3.71. The number of aliphatic hydroxyl groups is 1. The highest BCUT2D eigenvalue weighted by Crippen LogP contribution is 2.41. The standard InChI is InChI=1S/C26H33N7O3/c1-17-15-35-14-12-31(17)22-20-9-10-21(26(34)11-13-36-25(2,3)16-26)33(20)30-24(29-22)32-19-8-6-5-7-18(19)28-23(32)27-4/h5-10,17,34H,11-16H2,1-4H3,(H,27,28). The third-order valence-electron chi connectivity index (χ3n) is 7.31. The number of benzene rings is 1. The molecular weight excluding hydrogens is 458 g/mol. The summed E-state index contributed by atoms with van der Waals surface area (Å²) in [4.78, 5) is 12.1. The molecule has 6 rings (SSSR count). The predicted molar refractivity (Wildman–Crippen MR) is 138 cm³/mol. The normalized spacial score (nSPS) is 24.5. The Balaban J connectivity index is 1.61. The van der Waals surface area contributed by atoms with Crippen LogP contribution in [0.15, 0.2) is 36.4 Å². The number of morpholine rings is 1. The van der Waals surface area contributed by atoms with Gasteiger partial charge in [0.1, 0.15) is 11.1 Å². The zero-order chi connectivity index (χ0) is 25.1. The van der Waals surface area contributed by atoms with Gasteiger partial charge in [0.25, 0.3) is 5.95 Å². The van der Waals surface area contributed by atoms with Crippen LogP contribution in [0.2, 0.25) is 0 Å². The Morgan fingerprint density at radius 1 is 1.08 bits per heavy atom. The lowest BCUT2D eigenvalue weighted by atomic mass is 9.82. The largest absolute Gasteiger partial charge is 0.383 e. The maximum absolute atomic E-state index is 11.9. The molecular formula is C26H33N7O3. The lowest BCUT2D eigenvalue weighted by Gasteiger charge is -2.41. The molecule has 190 valence electrons. The van der Waals surface area contributed by atoms with E-state index in [2.05, 4.69) is 17.1 Å². The monoisotopic (exact) mass is 491 g/mol. The summed E-state index contributed by atoms with van der Waals surface area (Å²) in [6.45, 7) is 8.65. The van der Waals surface area contributed by atoms with Crippen LogP contribution in [-0.2, 0) is 15.1 Å². The minimum atomic E-state index is -1.07. The third-order valence-corrected chi connectivity index (χ3v) is 7.31. The average Bonchev–Trinajstić information content (AvgIpc) is 3.45. The smallest absolute Gasteiger partial charge is 0.257 e. The van der Waals surface area contributed by atoms with Crippen LogP contribution in [0, 0.1) is 0 Å². The van der Waals surface area contributed by atoms with Crippen LogP contribution in [-0.4, -0.2) is 74.3 Å². The molecule has 3 aromatic heterocycles. The van der Waals surface area contributed by atoms with E-state index in [0.717, 1.165) is 34.6 Å². The van der Waals surface area contributed by atoms with E-state index in [9.17, 15) is 5.11 Å². The number of nitrogens with one attached hydrogen (secondary N) is 1. The highest BCUT2D eigenvalue weighted by atomic mass is 16.5. The second-order valence-electron chi connectivity index (χ2n) is 10.4. The van der Waals surface area contributed by atoms with Gasteiger partial charge in [-0.25, -0.2) is 14.1 Å². The van der Waals surface area contributed by atoms with E-state index in [-0.39, 0.29) is 6.04 Å². The van der Waals surface area contributed by atoms with Crippen molar-refractivity contribution in [3.05, 3.63) is 42.1 Å².